The molecular formula is C8H7Cl2NO2. The largest absolute Gasteiger partial charge is 0.376 e. The van der Waals surface area contributed by atoms with Crippen LogP contribution < -0.4 is 5.32 Å². The van der Waals surface area contributed by atoms with Crippen LogP contribution in [-0.2, 0) is 0 Å². The van der Waals surface area contributed by atoms with Crippen molar-refractivity contribution in [2.24, 2.45) is 0 Å². The van der Waals surface area contributed by atoms with Crippen LogP contribution in [0.15, 0.2) is 18.2 Å². The smallest absolute Gasteiger partial charge is 0.254 e. The van der Waals surface area contributed by atoms with Gasteiger partial charge in [0.15, 0.2) is 0 Å². The number of hydrogen-bond acceptors (Lipinski definition) is 2. The number of halogens is 2. The van der Waals surface area contributed by atoms with Crippen LogP contribution in [0.2, 0.25) is 10.0 Å². The van der Waals surface area contributed by atoms with E-state index in [0.717, 1.165) is 0 Å². The maximum absolute atomic E-state index is 11.2. The summed E-state index contributed by atoms with van der Waals surface area (Å²) < 4.78 is 0. The molecule has 5 heteroatoms. The Morgan fingerprint density at radius 3 is 2.77 bits per heavy atom. The van der Waals surface area contributed by atoms with E-state index < -0.39 is 12.6 Å². The fourth-order valence-electron chi connectivity index (χ4n) is 0.846. The summed E-state index contributed by atoms with van der Waals surface area (Å²) in [6.45, 7) is -0.429. The quantitative estimate of drug-likeness (QED) is 0.744. The number of aliphatic hydroxyl groups excluding tert-OH is 1. The van der Waals surface area contributed by atoms with Crippen molar-refractivity contribution in [2.75, 3.05) is 6.73 Å². The van der Waals surface area contributed by atoms with Gasteiger partial charge in [-0.15, -0.1) is 0 Å². The third-order valence-electron chi connectivity index (χ3n) is 1.44. The molecule has 2 N–H and O–H groups in total. The van der Waals surface area contributed by atoms with Gasteiger partial charge >= 0.3 is 0 Å². The van der Waals surface area contributed by atoms with Crippen LogP contribution >= 0.6 is 23.2 Å². The van der Waals surface area contributed by atoms with Gasteiger partial charge in [-0.2, -0.15) is 0 Å². The second-order valence-electron chi connectivity index (χ2n) is 2.27. The Morgan fingerprint density at radius 1 is 1.46 bits per heavy atom. The lowest BCUT2D eigenvalue weighted by atomic mass is 10.2. The molecule has 0 saturated heterocycles. The fourth-order valence-corrected chi connectivity index (χ4v) is 1.23. The van der Waals surface area contributed by atoms with Crippen LogP contribution in [-0.4, -0.2) is 17.7 Å². The molecule has 0 aliphatic rings. The first-order chi connectivity index (χ1) is 6.16. The minimum Gasteiger partial charge on any atom is -0.376 e. The number of carbonyl (C=O) groups is 1. The predicted octanol–water partition coefficient (Wildman–Crippen LogP) is 1.67. The van der Waals surface area contributed by atoms with Crippen molar-refractivity contribution in [3.05, 3.63) is 33.8 Å². The molecule has 0 fully saturated rings. The molecule has 0 atom stereocenters. The summed E-state index contributed by atoms with van der Waals surface area (Å²) in [6, 6.07) is 4.72. The predicted molar refractivity (Wildman–Crippen MR) is 51.0 cm³/mol. The maximum Gasteiger partial charge on any atom is 0.254 e. The van der Waals surface area contributed by atoms with Gasteiger partial charge in [-0.05, 0) is 12.1 Å². The number of benzene rings is 1. The van der Waals surface area contributed by atoms with Gasteiger partial charge in [-0.3, -0.25) is 4.79 Å². The normalized spacial score (nSPS) is 9.77. The number of hydrogen-bond donors (Lipinski definition) is 2. The molecule has 3 nitrogen and oxygen atoms in total. The van der Waals surface area contributed by atoms with Crippen LogP contribution in [0.3, 0.4) is 0 Å². The maximum atomic E-state index is 11.2. The standard InChI is InChI=1S/C8H7Cl2NO2/c9-6-3-1-2-5(7(6)10)8(13)11-4-12/h1-3,12H,4H2,(H,11,13). The second-order valence-corrected chi connectivity index (χ2v) is 3.05. The average Bonchev–Trinajstić information content (AvgIpc) is 2.10. The Labute approximate surface area is 85.3 Å². The molecule has 0 saturated carbocycles. The number of amides is 1. The lowest BCUT2D eigenvalue weighted by molar-refractivity contribution is 0.0910. The molecule has 70 valence electrons. The Bertz CT molecular complexity index is 328. The summed E-state index contributed by atoms with van der Waals surface area (Å²) in [6.07, 6.45) is 0. The van der Waals surface area contributed by atoms with Gasteiger partial charge < -0.3 is 10.4 Å². The average molecular weight is 220 g/mol. The van der Waals surface area contributed by atoms with Crippen molar-refractivity contribution in [3.63, 3.8) is 0 Å². The Morgan fingerprint density at radius 2 is 2.15 bits per heavy atom. The van der Waals surface area contributed by atoms with Gasteiger partial charge in [0, 0.05) is 0 Å². The third-order valence-corrected chi connectivity index (χ3v) is 2.25. The molecular weight excluding hydrogens is 213 g/mol. The number of aliphatic hydroxyl groups is 1. The van der Waals surface area contributed by atoms with Gasteiger partial charge in [-0.1, -0.05) is 29.3 Å². The van der Waals surface area contributed by atoms with Crippen molar-refractivity contribution < 1.29 is 9.90 Å². The van der Waals surface area contributed by atoms with E-state index in [1.807, 2.05) is 0 Å². The minimum absolute atomic E-state index is 0.190. The van der Waals surface area contributed by atoms with Gasteiger partial charge in [-0.25, -0.2) is 0 Å². The molecule has 0 spiro atoms. The number of carbonyl (C=O) groups excluding carboxylic acids is 1. The van der Waals surface area contributed by atoms with Gasteiger partial charge in [0.1, 0.15) is 6.73 Å². The highest BCUT2D eigenvalue weighted by molar-refractivity contribution is 6.43. The second kappa shape index (κ2) is 4.46. The van der Waals surface area contributed by atoms with E-state index in [1.165, 1.54) is 6.07 Å². The van der Waals surface area contributed by atoms with Crippen LogP contribution in [0.4, 0.5) is 0 Å². The van der Waals surface area contributed by atoms with E-state index in [4.69, 9.17) is 28.3 Å². The Hall–Kier alpha value is -0.770. The van der Waals surface area contributed by atoms with E-state index in [-0.39, 0.29) is 10.6 Å². The molecule has 0 aromatic heterocycles. The third kappa shape index (κ3) is 2.34. The van der Waals surface area contributed by atoms with Gasteiger partial charge in [0.2, 0.25) is 0 Å². The molecule has 0 unspecified atom stereocenters. The first kappa shape index (κ1) is 10.3. The Kier molecular flexibility index (Phi) is 3.54. The molecule has 0 aliphatic carbocycles. The fraction of sp³-hybridized carbons (Fsp3) is 0.125. The van der Waals surface area contributed by atoms with E-state index in [9.17, 15) is 4.79 Å². The van der Waals surface area contributed by atoms with E-state index in [1.54, 1.807) is 12.1 Å². The number of nitrogens with one attached hydrogen (secondary N) is 1. The first-order valence-corrected chi connectivity index (χ1v) is 4.25. The molecule has 0 heterocycles. The molecule has 0 bridgehead atoms. The highest BCUT2D eigenvalue weighted by Crippen LogP contribution is 2.25. The topological polar surface area (TPSA) is 49.3 Å². The molecule has 13 heavy (non-hydrogen) atoms. The highest BCUT2D eigenvalue weighted by Gasteiger charge is 2.10. The van der Waals surface area contributed by atoms with Crippen LogP contribution in [0.25, 0.3) is 0 Å². The monoisotopic (exact) mass is 219 g/mol. The summed E-state index contributed by atoms with van der Waals surface area (Å²) in [4.78, 5) is 11.2. The van der Waals surface area contributed by atoms with E-state index in [2.05, 4.69) is 5.32 Å². The zero-order valence-corrected chi connectivity index (χ0v) is 8.06. The van der Waals surface area contributed by atoms with Crippen molar-refractivity contribution in [1.82, 2.24) is 5.32 Å². The highest BCUT2D eigenvalue weighted by atomic mass is 35.5. The molecule has 0 radical (unpaired) electrons. The van der Waals surface area contributed by atoms with Gasteiger partial charge in [0.25, 0.3) is 5.91 Å². The Balaban J connectivity index is 3.01. The van der Waals surface area contributed by atoms with E-state index in [0.29, 0.717) is 5.02 Å². The van der Waals surface area contributed by atoms with E-state index >= 15 is 0 Å². The lowest BCUT2D eigenvalue weighted by Crippen LogP contribution is -2.24. The van der Waals surface area contributed by atoms with Crippen LogP contribution in [0, 0.1) is 0 Å². The van der Waals surface area contributed by atoms with Crippen molar-refractivity contribution in [3.8, 4) is 0 Å². The molecule has 0 aliphatic heterocycles. The molecule has 1 amide bonds. The molecule has 1 aromatic carbocycles. The van der Waals surface area contributed by atoms with Crippen molar-refractivity contribution in [1.29, 1.82) is 0 Å². The van der Waals surface area contributed by atoms with Crippen LogP contribution in [0.5, 0.6) is 0 Å². The zero-order valence-electron chi connectivity index (χ0n) is 6.55. The van der Waals surface area contributed by atoms with Gasteiger partial charge in [0.05, 0.1) is 15.6 Å². The van der Waals surface area contributed by atoms with Crippen LogP contribution in [0.1, 0.15) is 10.4 Å². The summed E-state index contributed by atoms with van der Waals surface area (Å²) in [7, 11) is 0. The summed E-state index contributed by atoms with van der Waals surface area (Å²) in [5, 5.41) is 11.2. The van der Waals surface area contributed by atoms with Crippen molar-refractivity contribution >= 4 is 29.1 Å². The SMILES string of the molecule is O=C(NCO)c1cccc(Cl)c1Cl. The molecule has 1 aromatic rings. The first-order valence-electron chi connectivity index (χ1n) is 3.50. The number of rotatable bonds is 2. The zero-order chi connectivity index (χ0) is 9.84. The lowest BCUT2D eigenvalue weighted by Gasteiger charge is -2.04. The van der Waals surface area contributed by atoms with Crippen molar-refractivity contribution in [2.45, 2.75) is 0 Å². The minimum atomic E-state index is -0.449. The summed E-state index contributed by atoms with van der Waals surface area (Å²) >= 11 is 11.4. The molecule has 1 rings (SSSR count). The summed E-state index contributed by atoms with van der Waals surface area (Å²) in [5.74, 6) is -0.449. The summed E-state index contributed by atoms with van der Waals surface area (Å²) in [5.41, 5.74) is 0.253.